The first-order valence-corrected chi connectivity index (χ1v) is 11.4. The van der Waals surface area contributed by atoms with E-state index in [4.69, 9.17) is 9.05 Å². The highest BCUT2D eigenvalue weighted by atomic mass is 16.5. The summed E-state index contributed by atoms with van der Waals surface area (Å²) in [6.45, 7) is 10.5. The van der Waals surface area contributed by atoms with Crippen LogP contribution in [0.4, 0.5) is 0 Å². The summed E-state index contributed by atoms with van der Waals surface area (Å²) in [4.78, 5) is 18.2. The zero-order valence-corrected chi connectivity index (χ0v) is 19.4. The fraction of sp³-hybridized carbons (Fsp3) is 0.480. The number of carbonyl (C=O) groups is 1. The van der Waals surface area contributed by atoms with Crippen molar-refractivity contribution in [2.24, 2.45) is 0 Å². The molecule has 0 bridgehead atoms. The van der Waals surface area contributed by atoms with Crippen LogP contribution in [0.5, 0.6) is 0 Å². The van der Waals surface area contributed by atoms with Gasteiger partial charge in [-0.15, -0.1) is 0 Å². The van der Waals surface area contributed by atoms with E-state index in [-0.39, 0.29) is 5.91 Å². The normalized spacial score (nSPS) is 15.3. The maximum atomic E-state index is 13.9. The lowest BCUT2D eigenvalue weighted by Gasteiger charge is -2.36. The summed E-state index contributed by atoms with van der Waals surface area (Å²) in [5.74, 6) is 1.71. The van der Waals surface area contributed by atoms with Crippen molar-refractivity contribution in [3.05, 3.63) is 69.9 Å². The Bertz CT molecular complexity index is 963. The van der Waals surface area contributed by atoms with Gasteiger partial charge in [0.1, 0.15) is 17.6 Å². The van der Waals surface area contributed by atoms with Crippen LogP contribution in [0.15, 0.2) is 39.4 Å². The van der Waals surface area contributed by atoms with Crippen molar-refractivity contribution in [3.8, 4) is 0 Å². The van der Waals surface area contributed by atoms with Gasteiger partial charge in [0, 0.05) is 37.3 Å². The Morgan fingerprint density at radius 2 is 1.44 bits per heavy atom. The Morgan fingerprint density at radius 1 is 0.906 bits per heavy atom. The van der Waals surface area contributed by atoms with Gasteiger partial charge in [0.2, 0.25) is 5.91 Å². The molecule has 7 nitrogen and oxygen atoms in total. The monoisotopic (exact) mass is 436 g/mol. The minimum absolute atomic E-state index is 0.148. The molecule has 0 spiro atoms. The van der Waals surface area contributed by atoms with Crippen LogP contribution in [0.1, 0.15) is 64.9 Å². The molecule has 1 saturated heterocycles. The molecule has 2 aromatic heterocycles. The highest BCUT2D eigenvalue weighted by Crippen LogP contribution is 2.31. The van der Waals surface area contributed by atoms with Crippen molar-refractivity contribution in [1.29, 1.82) is 0 Å². The van der Waals surface area contributed by atoms with E-state index in [2.05, 4.69) is 15.2 Å². The quantitative estimate of drug-likeness (QED) is 0.537. The lowest BCUT2D eigenvalue weighted by molar-refractivity contribution is -0.138. The highest BCUT2D eigenvalue weighted by molar-refractivity contribution is 5.83. The number of benzene rings is 1. The van der Waals surface area contributed by atoms with Gasteiger partial charge in [-0.1, -0.05) is 40.6 Å². The number of nitrogens with zero attached hydrogens (tertiary/aromatic N) is 4. The average Bonchev–Trinajstić information content (AvgIpc) is 3.30. The van der Waals surface area contributed by atoms with Gasteiger partial charge >= 0.3 is 0 Å². The van der Waals surface area contributed by atoms with E-state index in [1.54, 1.807) is 0 Å². The van der Waals surface area contributed by atoms with Crippen LogP contribution in [0.25, 0.3) is 0 Å². The molecule has 3 heterocycles. The van der Waals surface area contributed by atoms with E-state index >= 15 is 0 Å². The lowest BCUT2D eigenvalue weighted by Crippen LogP contribution is -2.44. The summed E-state index contributed by atoms with van der Waals surface area (Å²) in [5, 5.41) is 8.28. The Labute approximate surface area is 189 Å². The molecule has 0 saturated carbocycles. The molecule has 1 amide bonds. The van der Waals surface area contributed by atoms with Crippen LogP contribution in [0.3, 0.4) is 0 Å². The molecule has 0 radical (unpaired) electrons. The second-order valence-corrected chi connectivity index (χ2v) is 8.71. The Morgan fingerprint density at radius 3 is 1.91 bits per heavy atom. The van der Waals surface area contributed by atoms with Gasteiger partial charge in [-0.05, 0) is 52.5 Å². The third kappa shape index (κ3) is 4.63. The second-order valence-electron chi connectivity index (χ2n) is 8.71. The zero-order chi connectivity index (χ0) is 22.7. The SMILES string of the molecule is Cc1noc(C)c1CN(Cc1c(C)noc1C)[C@@H](C(=O)N1CCCCC1)c1ccccc1. The molecule has 0 unspecified atom stereocenters. The number of aromatic nitrogens is 2. The van der Waals surface area contributed by atoms with Crippen LogP contribution in [0.2, 0.25) is 0 Å². The van der Waals surface area contributed by atoms with E-state index in [0.29, 0.717) is 13.1 Å². The summed E-state index contributed by atoms with van der Waals surface area (Å²) >= 11 is 0. The number of aryl methyl sites for hydroxylation is 4. The summed E-state index contributed by atoms with van der Waals surface area (Å²) < 4.78 is 10.9. The number of hydrogen-bond acceptors (Lipinski definition) is 6. The molecule has 0 aliphatic carbocycles. The molecule has 1 atom stereocenters. The molecule has 3 aromatic rings. The Hall–Kier alpha value is -2.93. The molecule has 1 fully saturated rings. The van der Waals surface area contributed by atoms with E-state index in [1.807, 2.05) is 62.9 Å². The van der Waals surface area contributed by atoms with Crippen molar-refractivity contribution in [2.45, 2.75) is 66.1 Å². The van der Waals surface area contributed by atoms with Gasteiger partial charge in [0.15, 0.2) is 0 Å². The van der Waals surface area contributed by atoms with E-state index < -0.39 is 6.04 Å². The fourth-order valence-electron chi connectivity index (χ4n) is 4.53. The van der Waals surface area contributed by atoms with Crippen LogP contribution in [0, 0.1) is 27.7 Å². The van der Waals surface area contributed by atoms with Crippen LogP contribution in [-0.2, 0) is 17.9 Å². The topological polar surface area (TPSA) is 75.6 Å². The van der Waals surface area contributed by atoms with Gasteiger partial charge < -0.3 is 13.9 Å². The molecule has 1 aliphatic heterocycles. The van der Waals surface area contributed by atoms with Gasteiger partial charge in [0.05, 0.1) is 11.4 Å². The number of hydrogen-bond donors (Lipinski definition) is 0. The van der Waals surface area contributed by atoms with Crippen molar-refractivity contribution < 1.29 is 13.8 Å². The first-order valence-electron chi connectivity index (χ1n) is 11.4. The highest BCUT2D eigenvalue weighted by Gasteiger charge is 2.34. The van der Waals surface area contributed by atoms with Crippen molar-refractivity contribution >= 4 is 5.91 Å². The predicted octanol–water partition coefficient (Wildman–Crippen LogP) is 4.65. The Kier molecular flexibility index (Phi) is 6.74. The third-order valence-electron chi connectivity index (χ3n) is 6.47. The fourth-order valence-corrected chi connectivity index (χ4v) is 4.53. The number of piperidine rings is 1. The van der Waals surface area contributed by atoms with Gasteiger partial charge in [-0.25, -0.2) is 0 Å². The maximum absolute atomic E-state index is 13.9. The van der Waals surface area contributed by atoms with E-state index in [1.165, 1.54) is 6.42 Å². The van der Waals surface area contributed by atoms with Gasteiger partial charge in [0.25, 0.3) is 0 Å². The van der Waals surface area contributed by atoms with Crippen LogP contribution in [-0.4, -0.2) is 39.1 Å². The summed E-state index contributed by atoms with van der Waals surface area (Å²) in [6.07, 6.45) is 3.30. The van der Waals surface area contributed by atoms with Crippen LogP contribution < -0.4 is 0 Å². The van der Waals surface area contributed by atoms with Crippen molar-refractivity contribution in [3.63, 3.8) is 0 Å². The molecule has 170 valence electrons. The standard InChI is InChI=1S/C25H32N4O3/c1-17-22(19(3)31-26-17)15-29(16-23-18(2)27-32-20(23)4)24(21-11-7-5-8-12-21)25(30)28-13-9-6-10-14-28/h5,7-8,11-12,24H,6,9-10,13-16H2,1-4H3/t24-/m1/s1. The molecule has 1 aromatic carbocycles. The van der Waals surface area contributed by atoms with Crippen LogP contribution >= 0.6 is 0 Å². The summed E-state index contributed by atoms with van der Waals surface area (Å²) in [5.41, 5.74) is 4.72. The van der Waals surface area contributed by atoms with E-state index in [0.717, 1.165) is 65.5 Å². The molecule has 0 N–H and O–H groups in total. The molecule has 4 rings (SSSR count). The summed E-state index contributed by atoms with van der Waals surface area (Å²) in [7, 11) is 0. The molecule has 7 heteroatoms. The minimum Gasteiger partial charge on any atom is -0.361 e. The number of carbonyl (C=O) groups excluding carboxylic acids is 1. The van der Waals surface area contributed by atoms with Crippen molar-refractivity contribution in [1.82, 2.24) is 20.1 Å². The molecule has 32 heavy (non-hydrogen) atoms. The zero-order valence-electron chi connectivity index (χ0n) is 19.4. The summed E-state index contributed by atoms with van der Waals surface area (Å²) in [6, 6.07) is 9.64. The maximum Gasteiger partial charge on any atom is 0.244 e. The smallest absolute Gasteiger partial charge is 0.244 e. The van der Waals surface area contributed by atoms with Gasteiger partial charge in [-0.3, -0.25) is 9.69 Å². The minimum atomic E-state index is -0.420. The molecular weight excluding hydrogens is 404 g/mol. The third-order valence-corrected chi connectivity index (χ3v) is 6.47. The first-order chi connectivity index (χ1) is 15.5. The number of amides is 1. The Balaban J connectivity index is 1.76. The second kappa shape index (κ2) is 9.69. The average molecular weight is 437 g/mol. The predicted molar refractivity (Wildman–Crippen MR) is 121 cm³/mol. The molecular formula is C25H32N4O3. The van der Waals surface area contributed by atoms with Gasteiger partial charge in [-0.2, -0.15) is 0 Å². The van der Waals surface area contributed by atoms with E-state index in [9.17, 15) is 4.79 Å². The molecule has 1 aliphatic rings. The lowest BCUT2D eigenvalue weighted by atomic mass is 9.99. The van der Waals surface area contributed by atoms with Crippen molar-refractivity contribution in [2.75, 3.05) is 13.1 Å². The first kappa shape index (κ1) is 22.3. The number of likely N-dealkylation sites (tertiary alicyclic amines) is 1. The number of rotatable bonds is 7. The largest absolute Gasteiger partial charge is 0.361 e.